The van der Waals surface area contributed by atoms with E-state index in [9.17, 15) is 32.9 Å². The van der Waals surface area contributed by atoms with Gasteiger partial charge < -0.3 is 10.0 Å². The van der Waals surface area contributed by atoms with E-state index in [1.54, 1.807) is 0 Å². The first-order valence-electron chi connectivity index (χ1n) is 6.99. The zero-order chi connectivity index (χ0) is 18.1. The largest absolute Gasteiger partial charge is 0.481 e. The molecule has 0 saturated carbocycles. The summed E-state index contributed by atoms with van der Waals surface area (Å²) < 4.78 is 38.0. The monoisotopic (exact) mass is 346 g/mol. The molecule has 0 atom stereocenters. The number of halogens is 3. The molecule has 0 spiro atoms. The molecule has 0 bridgehead atoms. The second kappa shape index (κ2) is 6.46. The van der Waals surface area contributed by atoms with Gasteiger partial charge in [0, 0.05) is 19.2 Å². The number of hydrogen-bond donors (Lipinski definition) is 1. The minimum atomic E-state index is -4.76. The molecule has 24 heavy (non-hydrogen) atoms. The fourth-order valence-electron chi connectivity index (χ4n) is 2.54. The van der Waals surface area contributed by atoms with Crippen LogP contribution in [-0.4, -0.2) is 39.9 Å². The summed E-state index contributed by atoms with van der Waals surface area (Å²) in [5, 5.41) is 19.9. The summed E-state index contributed by atoms with van der Waals surface area (Å²) in [6.07, 6.45) is -4.38. The summed E-state index contributed by atoms with van der Waals surface area (Å²) in [5.74, 6) is -2.36. The SMILES string of the molecule is O=C(O)C1CCN(C(=O)c2ccc(C(F)(F)F)cc2[N+](=O)[O-])CC1. The summed E-state index contributed by atoms with van der Waals surface area (Å²) >= 11 is 0. The van der Waals surface area contributed by atoms with Gasteiger partial charge in [-0.2, -0.15) is 13.2 Å². The van der Waals surface area contributed by atoms with E-state index in [-0.39, 0.29) is 25.9 Å². The lowest BCUT2D eigenvalue weighted by atomic mass is 9.96. The lowest BCUT2D eigenvalue weighted by molar-refractivity contribution is -0.385. The molecule has 1 fully saturated rings. The number of aliphatic carboxylic acids is 1. The summed E-state index contributed by atoms with van der Waals surface area (Å²) in [7, 11) is 0. The van der Waals surface area contributed by atoms with E-state index in [0.717, 1.165) is 6.07 Å². The van der Waals surface area contributed by atoms with Gasteiger partial charge in [-0.15, -0.1) is 0 Å². The Balaban J connectivity index is 2.27. The van der Waals surface area contributed by atoms with Crippen molar-refractivity contribution in [3.05, 3.63) is 39.4 Å². The van der Waals surface area contributed by atoms with Crippen molar-refractivity contribution in [1.82, 2.24) is 4.90 Å². The number of carboxylic acids is 1. The molecule has 1 N–H and O–H groups in total. The van der Waals surface area contributed by atoms with Gasteiger partial charge in [0.2, 0.25) is 0 Å². The standard InChI is InChI=1S/C14H13F3N2O5/c15-14(16,17)9-1-2-10(11(7-9)19(23)24)12(20)18-5-3-8(4-6-18)13(21)22/h1-2,7-8H,3-6H2,(H,21,22). The first-order chi connectivity index (χ1) is 11.1. The molecular weight excluding hydrogens is 333 g/mol. The van der Waals surface area contributed by atoms with Crippen LogP contribution in [0.15, 0.2) is 18.2 Å². The number of amides is 1. The number of rotatable bonds is 3. The Kier molecular flexibility index (Phi) is 4.76. The number of nitro benzene ring substituents is 1. The molecule has 0 aliphatic carbocycles. The maximum atomic E-state index is 12.7. The molecule has 1 aromatic rings. The normalized spacial score (nSPS) is 16.0. The number of benzene rings is 1. The minimum absolute atomic E-state index is 0.0774. The van der Waals surface area contributed by atoms with E-state index in [1.807, 2.05) is 0 Å². The molecule has 1 heterocycles. The van der Waals surface area contributed by atoms with E-state index in [4.69, 9.17) is 5.11 Å². The molecule has 1 aliphatic heterocycles. The molecule has 0 radical (unpaired) electrons. The van der Waals surface area contributed by atoms with Gasteiger partial charge in [0.25, 0.3) is 11.6 Å². The fourth-order valence-corrected chi connectivity index (χ4v) is 2.54. The number of piperidine rings is 1. The van der Waals surface area contributed by atoms with Gasteiger partial charge in [0.1, 0.15) is 5.56 Å². The topological polar surface area (TPSA) is 101 Å². The quantitative estimate of drug-likeness (QED) is 0.669. The third kappa shape index (κ3) is 3.63. The van der Waals surface area contributed by atoms with Gasteiger partial charge in [-0.3, -0.25) is 19.7 Å². The summed E-state index contributed by atoms with van der Waals surface area (Å²) in [6.45, 7) is 0.155. The third-order valence-corrected chi connectivity index (χ3v) is 3.88. The van der Waals surface area contributed by atoms with E-state index in [2.05, 4.69) is 0 Å². The van der Waals surface area contributed by atoms with E-state index in [1.165, 1.54) is 4.90 Å². The van der Waals surface area contributed by atoms with Crippen LogP contribution in [0.5, 0.6) is 0 Å². The van der Waals surface area contributed by atoms with Gasteiger partial charge in [-0.05, 0) is 25.0 Å². The van der Waals surface area contributed by atoms with Crippen LogP contribution in [0.4, 0.5) is 18.9 Å². The molecular formula is C14H13F3N2O5. The van der Waals surface area contributed by atoms with E-state index in [0.29, 0.717) is 12.1 Å². The van der Waals surface area contributed by atoms with E-state index < -0.39 is 45.7 Å². The Bertz CT molecular complexity index is 681. The highest BCUT2D eigenvalue weighted by molar-refractivity contribution is 5.98. The number of carbonyl (C=O) groups is 2. The smallest absolute Gasteiger partial charge is 0.416 e. The summed E-state index contributed by atoms with van der Waals surface area (Å²) in [5.41, 5.74) is -2.58. The number of carboxylic acid groups (broad SMARTS) is 1. The van der Waals surface area contributed by atoms with Crippen LogP contribution in [0.25, 0.3) is 0 Å². The highest BCUT2D eigenvalue weighted by Gasteiger charge is 2.35. The third-order valence-electron chi connectivity index (χ3n) is 3.88. The van der Waals surface area contributed by atoms with Gasteiger partial charge in [0.05, 0.1) is 16.4 Å². The lowest BCUT2D eigenvalue weighted by Gasteiger charge is -2.30. The number of nitro groups is 1. The second-order valence-corrected chi connectivity index (χ2v) is 5.39. The average Bonchev–Trinajstić information content (AvgIpc) is 2.52. The molecule has 2 rings (SSSR count). The number of carbonyl (C=O) groups excluding carboxylic acids is 1. The second-order valence-electron chi connectivity index (χ2n) is 5.39. The van der Waals surface area contributed by atoms with Crippen molar-refractivity contribution < 1.29 is 32.8 Å². The fraction of sp³-hybridized carbons (Fsp3) is 0.429. The van der Waals surface area contributed by atoms with E-state index >= 15 is 0 Å². The molecule has 0 aromatic heterocycles. The van der Waals surface area contributed by atoms with Crippen LogP contribution < -0.4 is 0 Å². The Morgan fingerprint density at radius 2 is 1.83 bits per heavy atom. The average molecular weight is 346 g/mol. The molecule has 10 heteroatoms. The number of nitrogens with zero attached hydrogens (tertiary/aromatic N) is 2. The van der Waals surface area contributed by atoms with Crippen molar-refractivity contribution in [2.75, 3.05) is 13.1 Å². The van der Waals surface area contributed by atoms with Crippen molar-refractivity contribution >= 4 is 17.6 Å². The predicted molar refractivity (Wildman–Crippen MR) is 74.4 cm³/mol. The first-order valence-corrected chi connectivity index (χ1v) is 6.99. The molecule has 130 valence electrons. The Morgan fingerprint density at radius 3 is 2.29 bits per heavy atom. The zero-order valence-corrected chi connectivity index (χ0v) is 12.2. The molecule has 0 unspecified atom stereocenters. The van der Waals surface area contributed by atoms with Crippen molar-refractivity contribution in [3.63, 3.8) is 0 Å². The van der Waals surface area contributed by atoms with Gasteiger partial charge in [0.15, 0.2) is 0 Å². The van der Waals surface area contributed by atoms with Gasteiger partial charge in [-0.25, -0.2) is 0 Å². The van der Waals surface area contributed by atoms with Crippen LogP contribution in [0, 0.1) is 16.0 Å². The molecule has 7 nitrogen and oxygen atoms in total. The van der Waals surface area contributed by atoms with Crippen LogP contribution >= 0.6 is 0 Å². The van der Waals surface area contributed by atoms with Crippen molar-refractivity contribution in [1.29, 1.82) is 0 Å². The molecule has 1 amide bonds. The highest BCUT2D eigenvalue weighted by Crippen LogP contribution is 2.33. The maximum absolute atomic E-state index is 12.7. The van der Waals surface area contributed by atoms with Gasteiger partial charge >= 0.3 is 12.1 Å². The van der Waals surface area contributed by atoms with Crippen LogP contribution in [0.3, 0.4) is 0 Å². The number of hydrogen-bond acceptors (Lipinski definition) is 4. The first kappa shape index (κ1) is 17.7. The minimum Gasteiger partial charge on any atom is -0.481 e. The number of alkyl halides is 3. The Hall–Kier alpha value is -2.65. The predicted octanol–water partition coefficient (Wildman–Crippen LogP) is 2.55. The van der Waals surface area contributed by atoms with Crippen LogP contribution in [-0.2, 0) is 11.0 Å². The highest BCUT2D eigenvalue weighted by atomic mass is 19.4. The zero-order valence-electron chi connectivity index (χ0n) is 12.2. The Labute approximate surface area is 133 Å². The van der Waals surface area contributed by atoms with Crippen molar-refractivity contribution in [2.24, 2.45) is 5.92 Å². The Morgan fingerprint density at radius 1 is 1.25 bits per heavy atom. The molecule has 1 saturated heterocycles. The van der Waals surface area contributed by atoms with Crippen LogP contribution in [0.2, 0.25) is 0 Å². The van der Waals surface area contributed by atoms with Crippen LogP contribution in [0.1, 0.15) is 28.8 Å². The number of likely N-dealkylation sites (tertiary alicyclic amines) is 1. The van der Waals surface area contributed by atoms with Crippen molar-refractivity contribution in [3.8, 4) is 0 Å². The molecule has 1 aliphatic rings. The van der Waals surface area contributed by atoms with Crippen molar-refractivity contribution in [2.45, 2.75) is 19.0 Å². The summed E-state index contributed by atoms with van der Waals surface area (Å²) in [4.78, 5) is 34.4. The van der Waals surface area contributed by atoms with Gasteiger partial charge in [-0.1, -0.05) is 0 Å². The lowest BCUT2D eigenvalue weighted by Crippen LogP contribution is -2.40. The molecule has 1 aromatic carbocycles. The maximum Gasteiger partial charge on any atom is 0.416 e. The summed E-state index contributed by atoms with van der Waals surface area (Å²) in [6, 6.07) is 1.73.